The van der Waals surface area contributed by atoms with E-state index in [9.17, 15) is 19.7 Å². The van der Waals surface area contributed by atoms with Crippen LogP contribution < -0.4 is 10.2 Å². The van der Waals surface area contributed by atoms with Gasteiger partial charge < -0.3 is 15.0 Å². The number of nitro benzene ring substituents is 1. The van der Waals surface area contributed by atoms with Crippen molar-refractivity contribution in [2.45, 2.75) is 13.5 Å². The molecular formula is C27H28N4O5. The van der Waals surface area contributed by atoms with Crippen LogP contribution in [0.5, 0.6) is 0 Å². The summed E-state index contributed by atoms with van der Waals surface area (Å²) in [7, 11) is 0. The molecule has 3 aromatic carbocycles. The quantitative estimate of drug-likeness (QED) is 0.286. The predicted octanol–water partition coefficient (Wildman–Crippen LogP) is 4.35. The molecule has 1 aliphatic rings. The standard InChI is InChI=1S/C27H28N4O5/c1-2-36-27(33)22-16-21(17-25(18-22)31(34)35)26(32)28-23-8-10-24(11-9-23)30-14-12-29(13-15-30)19-20-6-4-3-5-7-20/h3-11,16-18H,2,12-15,19H2,1H3,(H,28,32). The number of hydrogen-bond donors (Lipinski definition) is 1. The van der Waals surface area contributed by atoms with Gasteiger partial charge in [0.1, 0.15) is 0 Å². The number of anilines is 2. The first kappa shape index (κ1) is 24.9. The molecule has 1 saturated heterocycles. The average Bonchev–Trinajstić information content (AvgIpc) is 2.90. The number of ether oxygens (including phenoxy) is 1. The van der Waals surface area contributed by atoms with Crippen LogP contribution >= 0.6 is 0 Å². The number of nitro groups is 1. The molecule has 0 aromatic heterocycles. The molecule has 3 aromatic rings. The van der Waals surface area contributed by atoms with Gasteiger partial charge in [0, 0.05) is 61.8 Å². The van der Waals surface area contributed by atoms with Crippen molar-refractivity contribution in [3.8, 4) is 0 Å². The lowest BCUT2D eigenvalue weighted by atomic mass is 10.1. The maximum absolute atomic E-state index is 12.8. The fraction of sp³-hybridized carbons (Fsp3) is 0.259. The lowest BCUT2D eigenvalue weighted by Crippen LogP contribution is -2.45. The summed E-state index contributed by atoms with van der Waals surface area (Å²) >= 11 is 0. The molecule has 0 bridgehead atoms. The van der Waals surface area contributed by atoms with Gasteiger partial charge in [0.2, 0.25) is 0 Å². The molecule has 0 aliphatic carbocycles. The Morgan fingerprint density at radius 2 is 1.61 bits per heavy atom. The van der Waals surface area contributed by atoms with Crippen molar-refractivity contribution in [3.63, 3.8) is 0 Å². The van der Waals surface area contributed by atoms with Gasteiger partial charge in [-0.2, -0.15) is 0 Å². The number of carbonyl (C=O) groups is 2. The molecule has 1 fully saturated rings. The highest BCUT2D eigenvalue weighted by atomic mass is 16.6. The summed E-state index contributed by atoms with van der Waals surface area (Å²) < 4.78 is 4.92. The minimum atomic E-state index is -0.719. The number of amides is 1. The molecule has 1 N–H and O–H groups in total. The molecule has 9 heteroatoms. The van der Waals surface area contributed by atoms with Gasteiger partial charge in [-0.3, -0.25) is 19.8 Å². The number of rotatable bonds is 8. The zero-order chi connectivity index (χ0) is 25.5. The summed E-state index contributed by atoms with van der Waals surface area (Å²) in [5, 5.41) is 14.0. The summed E-state index contributed by atoms with van der Waals surface area (Å²) in [6.07, 6.45) is 0. The molecule has 1 amide bonds. The molecule has 186 valence electrons. The van der Waals surface area contributed by atoms with E-state index in [1.807, 2.05) is 18.2 Å². The highest BCUT2D eigenvalue weighted by Gasteiger charge is 2.20. The number of non-ortho nitro benzene ring substituents is 1. The molecule has 4 rings (SSSR count). The number of nitrogens with one attached hydrogen (secondary N) is 1. The second-order valence-electron chi connectivity index (χ2n) is 8.50. The fourth-order valence-corrected chi connectivity index (χ4v) is 4.14. The van der Waals surface area contributed by atoms with Gasteiger partial charge >= 0.3 is 5.97 Å². The highest BCUT2D eigenvalue weighted by molar-refractivity contribution is 6.06. The second-order valence-corrected chi connectivity index (χ2v) is 8.50. The number of esters is 1. The summed E-state index contributed by atoms with van der Waals surface area (Å²) in [6.45, 7) is 6.43. The topological polar surface area (TPSA) is 105 Å². The first-order valence-corrected chi connectivity index (χ1v) is 11.8. The van der Waals surface area contributed by atoms with Crippen LogP contribution in [0, 0.1) is 10.1 Å². The maximum Gasteiger partial charge on any atom is 0.338 e. The summed E-state index contributed by atoms with van der Waals surface area (Å²) in [5.74, 6) is -1.27. The Bertz CT molecular complexity index is 1220. The summed E-state index contributed by atoms with van der Waals surface area (Å²) in [5.41, 5.74) is 2.53. The smallest absolute Gasteiger partial charge is 0.338 e. The van der Waals surface area contributed by atoms with Crippen LogP contribution in [-0.2, 0) is 11.3 Å². The minimum absolute atomic E-state index is 0.00543. The Kier molecular flexibility index (Phi) is 7.92. The number of hydrogen-bond acceptors (Lipinski definition) is 7. The van der Waals surface area contributed by atoms with Crippen LogP contribution in [0.15, 0.2) is 72.8 Å². The molecule has 1 aliphatic heterocycles. The van der Waals surface area contributed by atoms with Crippen LogP contribution in [0.25, 0.3) is 0 Å². The maximum atomic E-state index is 12.8. The van der Waals surface area contributed by atoms with Gasteiger partial charge in [0.15, 0.2) is 0 Å². The van der Waals surface area contributed by atoms with E-state index in [0.29, 0.717) is 5.69 Å². The van der Waals surface area contributed by atoms with E-state index < -0.39 is 16.8 Å². The van der Waals surface area contributed by atoms with E-state index in [1.54, 1.807) is 19.1 Å². The van der Waals surface area contributed by atoms with E-state index >= 15 is 0 Å². The van der Waals surface area contributed by atoms with Crippen LogP contribution in [0.2, 0.25) is 0 Å². The third-order valence-electron chi connectivity index (χ3n) is 6.01. The third-order valence-corrected chi connectivity index (χ3v) is 6.01. The minimum Gasteiger partial charge on any atom is -0.462 e. The predicted molar refractivity (Wildman–Crippen MR) is 137 cm³/mol. The fourth-order valence-electron chi connectivity index (χ4n) is 4.14. The van der Waals surface area contributed by atoms with Crippen molar-refractivity contribution < 1.29 is 19.2 Å². The highest BCUT2D eigenvalue weighted by Crippen LogP contribution is 2.22. The van der Waals surface area contributed by atoms with E-state index in [0.717, 1.165) is 50.5 Å². The van der Waals surface area contributed by atoms with Crippen molar-refractivity contribution in [3.05, 3.63) is 99.6 Å². The molecule has 0 radical (unpaired) electrons. The monoisotopic (exact) mass is 488 g/mol. The lowest BCUT2D eigenvalue weighted by molar-refractivity contribution is -0.384. The van der Waals surface area contributed by atoms with Crippen LogP contribution in [0.4, 0.5) is 17.1 Å². The largest absolute Gasteiger partial charge is 0.462 e. The van der Waals surface area contributed by atoms with Crippen molar-refractivity contribution in [2.75, 3.05) is 43.0 Å². The van der Waals surface area contributed by atoms with Crippen molar-refractivity contribution in [1.29, 1.82) is 0 Å². The lowest BCUT2D eigenvalue weighted by Gasteiger charge is -2.36. The van der Waals surface area contributed by atoms with E-state index in [1.165, 1.54) is 11.6 Å². The summed E-state index contributed by atoms with van der Waals surface area (Å²) in [4.78, 5) is 40.2. The van der Waals surface area contributed by atoms with Crippen molar-refractivity contribution in [1.82, 2.24) is 4.90 Å². The van der Waals surface area contributed by atoms with Gasteiger partial charge in [0.25, 0.3) is 11.6 Å². The van der Waals surface area contributed by atoms with Gasteiger partial charge in [-0.05, 0) is 42.8 Å². The van der Waals surface area contributed by atoms with E-state index in [-0.39, 0.29) is 23.4 Å². The van der Waals surface area contributed by atoms with E-state index in [4.69, 9.17) is 4.74 Å². The van der Waals surface area contributed by atoms with Crippen LogP contribution in [0.1, 0.15) is 33.2 Å². The Hall–Kier alpha value is -4.24. The molecule has 9 nitrogen and oxygen atoms in total. The first-order valence-electron chi connectivity index (χ1n) is 11.8. The molecule has 1 heterocycles. The molecule has 0 spiro atoms. The Morgan fingerprint density at radius 1 is 0.944 bits per heavy atom. The number of nitrogens with zero attached hydrogens (tertiary/aromatic N) is 3. The molecule has 0 saturated carbocycles. The van der Waals surface area contributed by atoms with Crippen LogP contribution in [0.3, 0.4) is 0 Å². The van der Waals surface area contributed by atoms with Gasteiger partial charge in [0.05, 0.1) is 17.1 Å². The van der Waals surface area contributed by atoms with Crippen LogP contribution in [-0.4, -0.2) is 54.5 Å². The van der Waals surface area contributed by atoms with Gasteiger partial charge in [-0.25, -0.2) is 4.79 Å². The zero-order valence-electron chi connectivity index (χ0n) is 20.1. The van der Waals surface area contributed by atoms with Gasteiger partial charge in [-0.15, -0.1) is 0 Å². The zero-order valence-corrected chi connectivity index (χ0v) is 20.1. The number of carbonyl (C=O) groups excluding carboxylic acids is 2. The molecule has 0 atom stereocenters. The molecule has 36 heavy (non-hydrogen) atoms. The second kappa shape index (κ2) is 11.5. The van der Waals surface area contributed by atoms with E-state index in [2.05, 4.69) is 39.4 Å². The normalized spacial score (nSPS) is 13.8. The summed E-state index contributed by atoms with van der Waals surface area (Å²) in [6, 6.07) is 21.5. The molecule has 0 unspecified atom stereocenters. The Morgan fingerprint density at radius 3 is 2.25 bits per heavy atom. The Labute approximate surface area is 209 Å². The number of benzene rings is 3. The Balaban J connectivity index is 1.37. The average molecular weight is 489 g/mol. The molecular weight excluding hydrogens is 460 g/mol. The van der Waals surface area contributed by atoms with Crippen molar-refractivity contribution >= 4 is 28.9 Å². The first-order chi connectivity index (χ1) is 17.4. The van der Waals surface area contributed by atoms with Crippen molar-refractivity contribution in [2.24, 2.45) is 0 Å². The van der Waals surface area contributed by atoms with Gasteiger partial charge in [-0.1, -0.05) is 30.3 Å². The third kappa shape index (κ3) is 6.25. The number of piperazine rings is 1. The SMILES string of the molecule is CCOC(=O)c1cc(C(=O)Nc2ccc(N3CCN(Cc4ccccc4)CC3)cc2)cc([N+](=O)[O-])c1.